The van der Waals surface area contributed by atoms with Crippen LogP contribution in [0.4, 0.5) is 4.79 Å². The topological polar surface area (TPSA) is 65.1 Å². The van der Waals surface area contributed by atoms with E-state index in [0.717, 1.165) is 20.3 Å². The van der Waals surface area contributed by atoms with Gasteiger partial charge in [-0.05, 0) is 78.3 Å². The molecule has 0 saturated carbocycles. The molecule has 0 saturated heterocycles. The zero-order valence-corrected chi connectivity index (χ0v) is 23.2. The summed E-state index contributed by atoms with van der Waals surface area (Å²) in [5.74, 6) is 0.137. The molecule has 190 valence electrons. The van der Waals surface area contributed by atoms with Crippen molar-refractivity contribution >= 4 is 34.7 Å². The predicted molar refractivity (Wildman–Crippen MR) is 148 cm³/mol. The molecule has 1 amide bonds. The highest BCUT2D eigenvalue weighted by atomic mass is 127. The third kappa shape index (κ3) is 8.55. The van der Waals surface area contributed by atoms with Gasteiger partial charge in [0.15, 0.2) is 0 Å². The molecular formula is C29H32INO5. The molecule has 7 heteroatoms. The van der Waals surface area contributed by atoms with Crippen LogP contribution in [0.1, 0.15) is 37.5 Å². The highest BCUT2D eigenvalue weighted by Crippen LogP contribution is 2.26. The van der Waals surface area contributed by atoms with Crippen molar-refractivity contribution in [2.24, 2.45) is 0 Å². The van der Waals surface area contributed by atoms with Crippen LogP contribution < -0.4 is 4.74 Å². The maximum absolute atomic E-state index is 13.3. The number of halogens is 1. The van der Waals surface area contributed by atoms with Crippen molar-refractivity contribution in [3.8, 4) is 5.75 Å². The van der Waals surface area contributed by atoms with Gasteiger partial charge in [-0.15, -0.1) is 0 Å². The molecule has 0 heterocycles. The van der Waals surface area contributed by atoms with E-state index in [2.05, 4.69) is 22.6 Å². The van der Waals surface area contributed by atoms with E-state index in [1.165, 1.54) is 4.90 Å². The van der Waals surface area contributed by atoms with Gasteiger partial charge in [-0.3, -0.25) is 4.90 Å². The first kappa shape index (κ1) is 27.5. The van der Waals surface area contributed by atoms with Crippen LogP contribution in [0.25, 0.3) is 0 Å². The van der Waals surface area contributed by atoms with E-state index in [1.54, 1.807) is 27.8 Å². The second-order valence-electron chi connectivity index (χ2n) is 9.43. The second-order valence-corrected chi connectivity index (χ2v) is 10.7. The van der Waals surface area contributed by atoms with Gasteiger partial charge in [0.05, 0.1) is 0 Å². The highest BCUT2D eigenvalue weighted by Gasteiger charge is 2.32. The summed E-state index contributed by atoms with van der Waals surface area (Å²) >= 11 is 2.22. The largest absolute Gasteiger partial charge is 0.489 e. The Bertz CT molecular complexity index is 1150. The fourth-order valence-corrected chi connectivity index (χ4v) is 4.01. The maximum atomic E-state index is 13.3. The van der Waals surface area contributed by atoms with E-state index in [9.17, 15) is 9.59 Å². The van der Waals surface area contributed by atoms with Crippen LogP contribution in [0.5, 0.6) is 5.75 Å². The molecule has 36 heavy (non-hydrogen) atoms. The van der Waals surface area contributed by atoms with E-state index >= 15 is 0 Å². The minimum absolute atomic E-state index is 0.113. The maximum Gasteiger partial charge on any atom is 0.410 e. The molecule has 3 aromatic rings. The molecule has 3 aromatic carbocycles. The zero-order chi connectivity index (χ0) is 26.1. The minimum Gasteiger partial charge on any atom is -0.489 e. The first-order chi connectivity index (χ1) is 17.1. The molecule has 0 aliphatic rings. The van der Waals surface area contributed by atoms with Crippen molar-refractivity contribution in [3.05, 3.63) is 99.1 Å². The van der Waals surface area contributed by atoms with Gasteiger partial charge in [-0.2, -0.15) is 0 Å². The second kappa shape index (κ2) is 12.8. The lowest BCUT2D eigenvalue weighted by molar-refractivity contribution is -0.150. The fraction of sp³-hybridized carbons (Fsp3) is 0.310. The quantitative estimate of drug-likeness (QED) is 0.210. The van der Waals surface area contributed by atoms with Crippen molar-refractivity contribution in [2.45, 2.75) is 52.0 Å². The van der Waals surface area contributed by atoms with Gasteiger partial charge in [0, 0.05) is 17.0 Å². The summed E-state index contributed by atoms with van der Waals surface area (Å²) in [7, 11) is 1.56. The van der Waals surface area contributed by atoms with Crippen LogP contribution in [0.3, 0.4) is 0 Å². The summed E-state index contributed by atoms with van der Waals surface area (Å²) in [5.41, 5.74) is 2.00. The number of rotatable bonds is 9. The fourth-order valence-electron chi connectivity index (χ4n) is 3.46. The van der Waals surface area contributed by atoms with E-state index in [1.807, 2.05) is 78.9 Å². The summed E-state index contributed by atoms with van der Waals surface area (Å²) in [6.45, 7) is 5.87. The average Bonchev–Trinajstić information content (AvgIpc) is 2.85. The lowest BCUT2D eigenvalue weighted by atomic mass is 10.0. The Morgan fingerprint density at radius 2 is 1.47 bits per heavy atom. The van der Waals surface area contributed by atoms with Crippen LogP contribution in [0.15, 0.2) is 78.9 Å². The molecule has 0 N–H and O–H groups in total. The van der Waals surface area contributed by atoms with Gasteiger partial charge < -0.3 is 14.2 Å². The summed E-state index contributed by atoms with van der Waals surface area (Å²) in [6.07, 6.45) is -0.383. The molecule has 0 bridgehead atoms. The molecule has 0 aliphatic carbocycles. The normalized spacial score (nSPS) is 11.9. The van der Waals surface area contributed by atoms with Crippen LogP contribution in [-0.2, 0) is 33.9 Å². The Balaban J connectivity index is 1.83. The summed E-state index contributed by atoms with van der Waals surface area (Å²) in [6, 6.07) is 24.2. The Morgan fingerprint density at radius 3 is 2.06 bits per heavy atom. The molecule has 1 atom stereocenters. The SMILES string of the molecule is CN(C(=O)OC(C)(C)C)C(Cc1cc(I)ccc1OCc1ccccc1)C(=O)OCc1ccccc1. The van der Waals surface area contributed by atoms with Gasteiger partial charge in [0.25, 0.3) is 0 Å². The first-order valence-electron chi connectivity index (χ1n) is 11.7. The number of benzene rings is 3. The minimum atomic E-state index is -0.902. The smallest absolute Gasteiger partial charge is 0.410 e. The Morgan fingerprint density at radius 1 is 0.889 bits per heavy atom. The predicted octanol–water partition coefficient (Wildman–Crippen LogP) is 6.39. The van der Waals surface area contributed by atoms with Crippen molar-refractivity contribution in [1.82, 2.24) is 4.90 Å². The number of nitrogens with zero attached hydrogens (tertiary/aromatic N) is 1. The third-order valence-electron chi connectivity index (χ3n) is 5.32. The van der Waals surface area contributed by atoms with E-state index in [-0.39, 0.29) is 13.0 Å². The molecular weight excluding hydrogens is 569 g/mol. The Hall–Kier alpha value is -3.07. The number of esters is 1. The van der Waals surface area contributed by atoms with Crippen molar-refractivity contribution in [3.63, 3.8) is 0 Å². The van der Waals surface area contributed by atoms with Crippen LogP contribution >= 0.6 is 22.6 Å². The van der Waals surface area contributed by atoms with Gasteiger partial charge >= 0.3 is 12.1 Å². The number of ether oxygens (including phenoxy) is 3. The van der Waals surface area contributed by atoms with Crippen LogP contribution in [-0.4, -0.2) is 35.7 Å². The molecule has 3 rings (SSSR count). The number of hydrogen-bond donors (Lipinski definition) is 0. The molecule has 0 aromatic heterocycles. The number of carbonyl (C=O) groups is 2. The van der Waals surface area contributed by atoms with Gasteiger partial charge in [0.1, 0.15) is 30.6 Å². The van der Waals surface area contributed by atoms with Crippen molar-refractivity contribution < 1.29 is 23.8 Å². The number of carbonyl (C=O) groups excluding carboxylic acids is 2. The summed E-state index contributed by atoms with van der Waals surface area (Å²) < 4.78 is 18.3. The van der Waals surface area contributed by atoms with Crippen molar-refractivity contribution in [1.29, 1.82) is 0 Å². The van der Waals surface area contributed by atoms with Gasteiger partial charge in [-0.25, -0.2) is 9.59 Å². The molecule has 1 unspecified atom stereocenters. The van der Waals surface area contributed by atoms with Crippen molar-refractivity contribution in [2.75, 3.05) is 7.05 Å². The van der Waals surface area contributed by atoms with Gasteiger partial charge in [-0.1, -0.05) is 60.7 Å². The highest BCUT2D eigenvalue weighted by molar-refractivity contribution is 14.1. The summed E-state index contributed by atoms with van der Waals surface area (Å²) in [5, 5.41) is 0. The summed E-state index contributed by atoms with van der Waals surface area (Å²) in [4.78, 5) is 27.5. The zero-order valence-electron chi connectivity index (χ0n) is 21.1. The van der Waals surface area contributed by atoms with E-state index in [4.69, 9.17) is 14.2 Å². The third-order valence-corrected chi connectivity index (χ3v) is 5.99. The van der Waals surface area contributed by atoms with Crippen LogP contribution in [0.2, 0.25) is 0 Å². The van der Waals surface area contributed by atoms with Gasteiger partial charge in [0.2, 0.25) is 0 Å². The molecule has 6 nitrogen and oxygen atoms in total. The number of hydrogen-bond acceptors (Lipinski definition) is 5. The monoisotopic (exact) mass is 601 g/mol. The number of likely N-dealkylation sites (N-methyl/N-ethyl adjacent to an activating group) is 1. The Labute approximate surface area is 226 Å². The first-order valence-corrected chi connectivity index (χ1v) is 12.8. The average molecular weight is 601 g/mol. The van der Waals surface area contributed by atoms with E-state index < -0.39 is 23.7 Å². The Kier molecular flexibility index (Phi) is 9.75. The van der Waals surface area contributed by atoms with Crippen LogP contribution in [0, 0.1) is 3.57 Å². The molecule has 0 fully saturated rings. The molecule has 0 radical (unpaired) electrons. The standard InChI is InChI=1S/C29H32INO5/c1-29(2,3)36-28(33)31(4)25(27(32)35-20-22-13-9-6-10-14-22)18-23-17-24(30)15-16-26(23)34-19-21-11-7-5-8-12-21/h5-17,25H,18-20H2,1-4H3. The number of amides is 1. The molecule has 0 aliphatic heterocycles. The lowest BCUT2D eigenvalue weighted by Crippen LogP contribution is -2.46. The molecule has 0 spiro atoms. The van der Waals surface area contributed by atoms with E-state index in [0.29, 0.717) is 12.4 Å². The lowest BCUT2D eigenvalue weighted by Gasteiger charge is -2.30.